The number of aryl methyl sites for hydroxylation is 1. The van der Waals surface area contributed by atoms with Crippen molar-refractivity contribution in [3.63, 3.8) is 0 Å². The van der Waals surface area contributed by atoms with Gasteiger partial charge < -0.3 is 4.90 Å². The van der Waals surface area contributed by atoms with E-state index in [1.807, 2.05) is 13.8 Å². The lowest BCUT2D eigenvalue weighted by molar-refractivity contribution is 0.277. The molecule has 1 aromatic rings. The van der Waals surface area contributed by atoms with E-state index >= 15 is 0 Å². The van der Waals surface area contributed by atoms with Gasteiger partial charge in [0.15, 0.2) is 0 Å². The highest BCUT2D eigenvalue weighted by Crippen LogP contribution is 2.26. The molecule has 1 rings (SSSR count). The molecule has 0 saturated heterocycles. The summed E-state index contributed by atoms with van der Waals surface area (Å²) >= 11 is 0. The highest BCUT2D eigenvalue weighted by atomic mass is 15.1. The van der Waals surface area contributed by atoms with Crippen molar-refractivity contribution in [3.8, 4) is 0 Å². The Morgan fingerprint density at radius 2 is 1.71 bits per heavy atom. The third kappa shape index (κ3) is 5.36. The highest BCUT2D eigenvalue weighted by molar-refractivity contribution is 5.28. The zero-order valence-electron chi connectivity index (χ0n) is 12.5. The fourth-order valence-electron chi connectivity index (χ4n) is 2.05. The summed E-state index contributed by atoms with van der Waals surface area (Å²) in [6.07, 6.45) is 3.84. The number of hydrogen-bond donors (Lipinski definition) is 0. The molecule has 0 saturated carbocycles. The second-order valence-electron chi connectivity index (χ2n) is 4.48. The largest absolute Gasteiger partial charge is 0.302 e. The van der Waals surface area contributed by atoms with Crippen molar-refractivity contribution in [2.24, 2.45) is 0 Å². The number of unbranched alkanes of at least 4 members (excludes halogenated alkanes) is 1. The molecule has 0 amide bonds. The Kier molecular flexibility index (Phi) is 8.79. The molecule has 0 aliphatic carbocycles. The Labute approximate surface area is 108 Å². The second-order valence-corrected chi connectivity index (χ2v) is 4.48. The van der Waals surface area contributed by atoms with E-state index in [0.717, 1.165) is 0 Å². The number of nitrogens with zero attached hydrogens (tertiary/aromatic N) is 1. The average Bonchev–Trinajstić information content (AvgIpc) is 2.34. The van der Waals surface area contributed by atoms with Gasteiger partial charge in [0.2, 0.25) is 0 Å². The van der Waals surface area contributed by atoms with Gasteiger partial charge in [0.1, 0.15) is 0 Å². The van der Waals surface area contributed by atoms with Gasteiger partial charge in [-0.05, 0) is 38.6 Å². The first-order chi connectivity index (χ1) is 8.16. The molecule has 1 nitrogen and oxygen atoms in total. The van der Waals surface area contributed by atoms with Crippen molar-refractivity contribution in [1.29, 1.82) is 0 Å². The van der Waals surface area contributed by atoms with Crippen molar-refractivity contribution in [1.82, 2.24) is 4.90 Å². The molecule has 0 heterocycles. The average molecular weight is 235 g/mol. The lowest BCUT2D eigenvalue weighted by Crippen LogP contribution is -2.20. The minimum absolute atomic E-state index is 0.575. The predicted molar refractivity (Wildman–Crippen MR) is 78.5 cm³/mol. The van der Waals surface area contributed by atoms with Gasteiger partial charge in [-0.25, -0.2) is 0 Å². The van der Waals surface area contributed by atoms with E-state index in [2.05, 4.69) is 57.1 Å². The van der Waals surface area contributed by atoms with E-state index in [1.54, 1.807) is 0 Å². The van der Waals surface area contributed by atoms with Gasteiger partial charge in [-0.15, -0.1) is 0 Å². The van der Waals surface area contributed by atoms with Crippen LogP contribution < -0.4 is 0 Å². The summed E-state index contributed by atoms with van der Waals surface area (Å²) in [5.74, 6) is 0. The van der Waals surface area contributed by atoms with Crippen LogP contribution in [0.1, 0.15) is 57.2 Å². The molecule has 0 spiro atoms. The SMILES string of the molecule is CC.CCCCC(c1ccccc1C)N(C)C. The topological polar surface area (TPSA) is 3.24 Å². The van der Waals surface area contributed by atoms with Crippen molar-refractivity contribution in [3.05, 3.63) is 35.4 Å². The maximum atomic E-state index is 2.33. The molecule has 1 atom stereocenters. The van der Waals surface area contributed by atoms with E-state index in [9.17, 15) is 0 Å². The van der Waals surface area contributed by atoms with Crippen molar-refractivity contribution in [2.75, 3.05) is 14.1 Å². The minimum Gasteiger partial charge on any atom is -0.302 e. The van der Waals surface area contributed by atoms with Gasteiger partial charge in [0.05, 0.1) is 0 Å². The predicted octanol–water partition coefficient (Wildman–Crippen LogP) is 4.81. The summed E-state index contributed by atoms with van der Waals surface area (Å²) in [5, 5.41) is 0. The van der Waals surface area contributed by atoms with Gasteiger partial charge in [-0.3, -0.25) is 0 Å². The molecule has 1 aromatic carbocycles. The maximum absolute atomic E-state index is 2.33. The molecular weight excluding hydrogens is 206 g/mol. The lowest BCUT2D eigenvalue weighted by atomic mass is 9.96. The quantitative estimate of drug-likeness (QED) is 0.707. The van der Waals surface area contributed by atoms with Crippen molar-refractivity contribution >= 4 is 0 Å². The van der Waals surface area contributed by atoms with Crippen LogP contribution in [0.3, 0.4) is 0 Å². The third-order valence-electron chi connectivity index (χ3n) is 3.00. The van der Waals surface area contributed by atoms with Crippen molar-refractivity contribution < 1.29 is 0 Å². The molecule has 0 aliphatic heterocycles. The van der Waals surface area contributed by atoms with Crippen LogP contribution in [0, 0.1) is 6.92 Å². The highest BCUT2D eigenvalue weighted by Gasteiger charge is 2.14. The Hall–Kier alpha value is -0.820. The molecule has 1 heteroatoms. The number of benzene rings is 1. The van der Waals surface area contributed by atoms with Crippen LogP contribution in [0.5, 0.6) is 0 Å². The van der Waals surface area contributed by atoms with Gasteiger partial charge in [-0.1, -0.05) is 57.9 Å². The van der Waals surface area contributed by atoms with Crippen LogP contribution in [0.4, 0.5) is 0 Å². The fourth-order valence-corrected chi connectivity index (χ4v) is 2.05. The van der Waals surface area contributed by atoms with Gasteiger partial charge in [0.25, 0.3) is 0 Å². The molecule has 0 fully saturated rings. The maximum Gasteiger partial charge on any atom is 0.0344 e. The summed E-state index contributed by atoms with van der Waals surface area (Å²) in [4.78, 5) is 2.33. The van der Waals surface area contributed by atoms with Gasteiger partial charge in [0, 0.05) is 6.04 Å². The lowest BCUT2D eigenvalue weighted by Gasteiger charge is -2.26. The zero-order chi connectivity index (χ0) is 13.3. The molecule has 1 unspecified atom stereocenters. The summed E-state index contributed by atoms with van der Waals surface area (Å²) in [7, 11) is 4.35. The molecule has 0 aromatic heterocycles. The van der Waals surface area contributed by atoms with Crippen LogP contribution in [0.25, 0.3) is 0 Å². The second kappa shape index (κ2) is 9.23. The first kappa shape index (κ1) is 16.2. The van der Waals surface area contributed by atoms with E-state index in [4.69, 9.17) is 0 Å². The van der Waals surface area contributed by atoms with Crippen LogP contribution in [-0.2, 0) is 0 Å². The molecule has 0 radical (unpaired) electrons. The van der Waals surface area contributed by atoms with E-state index in [1.165, 1.54) is 30.4 Å². The van der Waals surface area contributed by atoms with Crippen molar-refractivity contribution in [2.45, 2.75) is 53.0 Å². The van der Waals surface area contributed by atoms with E-state index < -0.39 is 0 Å². The number of rotatable bonds is 5. The zero-order valence-corrected chi connectivity index (χ0v) is 12.5. The van der Waals surface area contributed by atoms with Gasteiger partial charge >= 0.3 is 0 Å². The van der Waals surface area contributed by atoms with Crippen LogP contribution in [-0.4, -0.2) is 19.0 Å². The fraction of sp³-hybridized carbons (Fsp3) is 0.625. The van der Waals surface area contributed by atoms with E-state index in [-0.39, 0.29) is 0 Å². The third-order valence-corrected chi connectivity index (χ3v) is 3.00. The Balaban J connectivity index is 0.00000121. The van der Waals surface area contributed by atoms with Crippen LogP contribution in [0.15, 0.2) is 24.3 Å². The first-order valence-corrected chi connectivity index (χ1v) is 6.88. The summed E-state index contributed by atoms with van der Waals surface area (Å²) in [6, 6.07) is 9.30. The summed E-state index contributed by atoms with van der Waals surface area (Å²) in [6.45, 7) is 8.46. The monoisotopic (exact) mass is 235 g/mol. The molecule has 17 heavy (non-hydrogen) atoms. The summed E-state index contributed by atoms with van der Waals surface area (Å²) in [5.41, 5.74) is 2.89. The standard InChI is InChI=1S/C14H23N.C2H6/c1-5-6-11-14(15(3)4)13-10-8-7-9-12(13)2;1-2/h7-10,14H,5-6,11H2,1-4H3;1-2H3. The first-order valence-electron chi connectivity index (χ1n) is 6.88. The smallest absolute Gasteiger partial charge is 0.0344 e. The normalized spacial score (nSPS) is 11.9. The molecule has 0 aliphatic rings. The molecular formula is C16H29N. The number of hydrogen-bond acceptors (Lipinski definition) is 1. The summed E-state index contributed by atoms with van der Waals surface area (Å²) < 4.78 is 0. The Bertz CT molecular complexity index is 291. The Morgan fingerprint density at radius 1 is 1.12 bits per heavy atom. The van der Waals surface area contributed by atoms with Crippen LogP contribution in [0.2, 0.25) is 0 Å². The van der Waals surface area contributed by atoms with Gasteiger partial charge in [-0.2, -0.15) is 0 Å². The molecule has 0 N–H and O–H groups in total. The molecule has 0 bridgehead atoms. The minimum atomic E-state index is 0.575. The molecule has 98 valence electrons. The van der Waals surface area contributed by atoms with E-state index in [0.29, 0.717) is 6.04 Å². The Morgan fingerprint density at radius 3 is 2.18 bits per heavy atom. The van der Waals surface area contributed by atoms with Crippen LogP contribution >= 0.6 is 0 Å².